The van der Waals surface area contributed by atoms with E-state index in [0.29, 0.717) is 17.4 Å². The van der Waals surface area contributed by atoms with Crippen molar-refractivity contribution in [1.29, 1.82) is 0 Å². The highest BCUT2D eigenvalue weighted by atomic mass is 16.5. The molecule has 0 aromatic carbocycles. The second-order valence-electron chi connectivity index (χ2n) is 6.26. The zero-order valence-electron chi connectivity index (χ0n) is 12.2. The molecule has 0 aliphatic heterocycles. The van der Waals surface area contributed by atoms with Gasteiger partial charge in [-0.25, -0.2) is 0 Å². The van der Waals surface area contributed by atoms with Crippen molar-refractivity contribution in [2.45, 2.75) is 65.9 Å². The Kier molecular flexibility index (Phi) is 5.94. The highest BCUT2D eigenvalue weighted by Gasteiger charge is 2.37. The normalized spacial score (nSPS) is 30.5. The van der Waals surface area contributed by atoms with E-state index < -0.39 is 0 Å². The van der Waals surface area contributed by atoms with Gasteiger partial charge in [0, 0.05) is 6.61 Å². The van der Waals surface area contributed by atoms with Crippen molar-refractivity contribution in [3.8, 4) is 0 Å². The van der Waals surface area contributed by atoms with Gasteiger partial charge in [0.1, 0.15) is 0 Å². The zero-order valence-corrected chi connectivity index (χ0v) is 12.2. The molecule has 1 aliphatic carbocycles. The van der Waals surface area contributed by atoms with E-state index in [1.165, 1.54) is 25.7 Å². The van der Waals surface area contributed by atoms with Gasteiger partial charge in [-0.1, -0.05) is 34.1 Å². The first-order valence-corrected chi connectivity index (χ1v) is 7.36. The van der Waals surface area contributed by atoms with Crippen LogP contribution >= 0.6 is 0 Å². The molecule has 0 amide bonds. The molecule has 2 heteroatoms. The lowest BCUT2D eigenvalue weighted by Gasteiger charge is -2.42. The standard InChI is InChI=1S/C15H31NO/c1-5-9-17-14-10-13(15(3,4)6-2)8-7-12(14)11-16/h12-14H,5-11,16H2,1-4H3. The molecule has 0 aromatic heterocycles. The molecule has 17 heavy (non-hydrogen) atoms. The van der Waals surface area contributed by atoms with E-state index in [2.05, 4.69) is 27.7 Å². The summed E-state index contributed by atoms with van der Waals surface area (Å²) < 4.78 is 6.03. The minimum Gasteiger partial charge on any atom is -0.378 e. The summed E-state index contributed by atoms with van der Waals surface area (Å²) in [6, 6.07) is 0. The van der Waals surface area contributed by atoms with E-state index in [1.807, 2.05) is 0 Å². The fourth-order valence-corrected chi connectivity index (χ4v) is 2.93. The Balaban J connectivity index is 2.58. The van der Waals surface area contributed by atoms with Gasteiger partial charge >= 0.3 is 0 Å². The van der Waals surface area contributed by atoms with E-state index in [-0.39, 0.29) is 0 Å². The van der Waals surface area contributed by atoms with E-state index in [9.17, 15) is 0 Å². The van der Waals surface area contributed by atoms with E-state index in [1.54, 1.807) is 0 Å². The van der Waals surface area contributed by atoms with Crippen molar-refractivity contribution in [3.05, 3.63) is 0 Å². The molecule has 0 saturated heterocycles. The smallest absolute Gasteiger partial charge is 0.0618 e. The summed E-state index contributed by atoms with van der Waals surface area (Å²) in [5.74, 6) is 1.39. The second kappa shape index (κ2) is 6.75. The Hall–Kier alpha value is -0.0800. The zero-order chi connectivity index (χ0) is 12.9. The number of nitrogens with two attached hydrogens (primary N) is 1. The molecule has 0 spiro atoms. The summed E-state index contributed by atoms with van der Waals surface area (Å²) in [7, 11) is 0. The van der Waals surface area contributed by atoms with Gasteiger partial charge in [-0.05, 0) is 49.5 Å². The van der Waals surface area contributed by atoms with Crippen LogP contribution < -0.4 is 5.73 Å². The van der Waals surface area contributed by atoms with Gasteiger partial charge in [-0.3, -0.25) is 0 Å². The van der Waals surface area contributed by atoms with Gasteiger partial charge in [0.25, 0.3) is 0 Å². The highest BCUT2D eigenvalue weighted by Crippen LogP contribution is 2.42. The van der Waals surface area contributed by atoms with Crippen LogP contribution in [0.1, 0.15) is 59.8 Å². The molecule has 0 aromatic rings. The van der Waals surface area contributed by atoms with Gasteiger partial charge in [-0.2, -0.15) is 0 Å². The molecule has 1 saturated carbocycles. The second-order valence-corrected chi connectivity index (χ2v) is 6.26. The molecule has 1 fully saturated rings. The molecule has 0 radical (unpaired) electrons. The van der Waals surface area contributed by atoms with Crippen molar-refractivity contribution >= 4 is 0 Å². The summed E-state index contributed by atoms with van der Waals surface area (Å²) in [6.07, 6.45) is 6.56. The largest absolute Gasteiger partial charge is 0.378 e. The average molecular weight is 241 g/mol. The Labute approximate surface area is 107 Å². The quantitative estimate of drug-likeness (QED) is 0.771. The summed E-state index contributed by atoms with van der Waals surface area (Å²) in [5.41, 5.74) is 6.32. The van der Waals surface area contributed by atoms with Crippen molar-refractivity contribution in [2.24, 2.45) is 23.0 Å². The number of ether oxygens (including phenoxy) is 1. The van der Waals surface area contributed by atoms with Crippen molar-refractivity contribution < 1.29 is 4.74 Å². The predicted molar refractivity (Wildman–Crippen MR) is 74.0 cm³/mol. The maximum atomic E-state index is 6.03. The topological polar surface area (TPSA) is 35.2 Å². The summed E-state index contributed by atoms with van der Waals surface area (Å²) >= 11 is 0. The SMILES string of the molecule is CCCOC1CC(C(C)(C)CC)CCC1CN. The Morgan fingerprint density at radius 2 is 1.94 bits per heavy atom. The van der Waals surface area contributed by atoms with Crippen molar-refractivity contribution in [2.75, 3.05) is 13.2 Å². The van der Waals surface area contributed by atoms with Crippen LogP contribution in [-0.2, 0) is 4.74 Å². The van der Waals surface area contributed by atoms with Gasteiger partial charge in [-0.15, -0.1) is 0 Å². The number of hydrogen-bond donors (Lipinski definition) is 1. The van der Waals surface area contributed by atoms with Crippen LogP contribution in [0.15, 0.2) is 0 Å². The van der Waals surface area contributed by atoms with Crippen LogP contribution in [0.4, 0.5) is 0 Å². The van der Waals surface area contributed by atoms with E-state index in [0.717, 1.165) is 25.5 Å². The molecular formula is C15H31NO. The van der Waals surface area contributed by atoms with Crippen LogP contribution in [0.5, 0.6) is 0 Å². The molecule has 0 bridgehead atoms. The Morgan fingerprint density at radius 1 is 1.24 bits per heavy atom. The number of hydrogen-bond acceptors (Lipinski definition) is 2. The van der Waals surface area contributed by atoms with Crippen LogP contribution in [-0.4, -0.2) is 19.3 Å². The molecule has 102 valence electrons. The lowest BCUT2D eigenvalue weighted by Crippen LogP contribution is -2.40. The maximum Gasteiger partial charge on any atom is 0.0618 e. The first-order chi connectivity index (χ1) is 8.05. The Bertz CT molecular complexity index is 215. The fraction of sp³-hybridized carbons (Fsp3) is 1.00. The lowest BCUT2D eigenvalue weighted by molar-refractivity contribution is -0.0433. The van der Waals surface area contributed by atoms with Crippen LogP contribution in [0.25, 0.3) is 0 Å². The van der Waals surface area contributed by atoms with Crippen LogP contribution in [0, 0.1) is 17.3 Å². The molecule has 1 aliphatic rings. The first kappa shape index (κ1) is 15.0. The third-order valence-corrected chi connectivity index (χ3v) is 4.78. The van der Waals surface area contributed by atoms with Crippen molar-refractivity contribution in [3.63, 3.8) is 0 Å². The van der Waals surface area contributed by atoms with Crippen LogP contribution in [0.2, 0.25) is 0 Å². The molecule has 0 heterocycles. The summed E-state index contributed by atoms with van der Waals surface area (Å²) in [5, 5.41) is 0. The van der Waals surface area contributed by atoms with Gasteiger partial charge < -0.3 is 10.5 Å². The minimum absolute atomic E-state index is 0.407. The van der Waals surface area contributed by atoms with E-state index in [4.69, 9.17) is 10.5 Å². The molecular weight excluding hydrogens is 210 g/mol. The third-order valence-electron chi connectivity index (χ3n) is 4.78. The Morgan fingerprint density at radius 3 is 2.47 bits per heavy atom. The highest BCUT2D eigenvalue weighted by molar-refractivity contribution is 4.88. The lowest BCUT2D eigenvalue weighted by atomic mass is 9.66. The van der Waals surface area contributed by atoms with Gasteiger partial charge in [0.2, 0.25) is 0 Å². The predicted octanol–water partition coefficient (Wildman–Crippen LogP) is 3.59. The molecule has 2 N–H and O–H groups in total. The fourth-order valence-electron chi connectivity index (χ4n) is 2.93. The first-order valence-electron chi connectivity index (χ1n) is 7.36. The van der Waals surface area contributed by atoms with Gasteiger partial charge in [0.05, 0.1) is 6.10 Å². The minimum atomic E-state index is 0.407. The van der Waals surface area contributed by atoms with E-state index >= 15 is 0 Å². The summed E-state index contributed by atoms with van der Waals surface area (Å²) in [6.45, 7) is 11.0. The van der Waals surface area contributed by atoms with Crippen LogP contribution in [0.3, 0.4) is 0 Å². The monoisotopic (exact) mass is 241 g/mol. The molecule has 3 unspecified atom stereocenters. The molecule has 2 nitrogen and oxygen atoms in total. The van der Waals surface area contributed by atoms with Gasteiger partial charge in [0.15, 0.2) is 0 Å². The van der Waals surface area contributed by atoms with Crippen molar-refractivity contribution in [1.82, 2.24) is 0 Å². The third kappa shape index (κ3) is 3.96. The summed E-state index contributed by atoms with van der Waals surface area (Å²) in [4.78, 5) is 0. The molecule has 1 rings (SSSR count). The number of rotatable bonds is 6. The maximum absolute atomic E-state index is 6.03. The average Bonchev–Trinajstić information content (AvgIpc) is 2.35. The molecule has 3 atom stereocenters.